The molecule has 0 unspecified atom stereocenters. The molecule has 134 valence electrons. The number of pyridine rings is 1. The number of rotatable bonds is 6. The van der Waals surface area contributed by atoms with Gasteiger partial charge in [0.25, 0.3) is 0 Å². The zero-order valence-corrected chi connectivity index (χ0v) is 17.0. The SMILES string of the molecule is CN=C(NCc1ccc(OC)nc1)NCC1(c2ccccc2)CC1.I. The maximum Gasteiger partial charge on any atom is 0.212 e. The van der Waals surface area contributed by atoms with Gasteiger partial charge in [-0.2, -0.15) is 0 Å². The summed E-state index contributed by atoms with van der Waals surface area (Å²) in [5.41, 5.74) is 2.76. The van der Waals surface area contributed by atoms with E-state index in [1.807, 2.05) is 18.3 Å². The van der Waals surface area contributed by atoms with Crippen LogP contribution in [-0.4, -0.2) is 31.6 Å². The minimum atomic E-state index is 0. The van der Waals surface area contributed by atoms with Crippen molar-refractivity contribution in [1.82, 2.24) is 15.6 Å². The summed E-state index contributed by atoms with van der Waals surface area (Å²) in [6, 6.07) is 14.6. The number of hydrogen-bond acceptors (Lipinski definition) is 3. The molecule has 1 heterocycles. The van der Waals surface area contributed by atoms with Crippen LogP contribution in [0.4, 0.5) is 0 Å². The van der Waals surface area contributed by atoms with Crippen LogP contribution >= 0.6 is 24.0 Å². The number of guanidine groups is 1. The predicted octanol–water partition coefficient (Wildman–Crippen LogP) is 3.11. The van der Waals surface area contributed by atoms with Gasteiger partial charge in [0.05, 0.1) is 7.11 Å². The molecule has 2 aromatic rings. The number of nitrogens with zero attached hydrogens (tertiary/aromatic N) is 2. The van der Waals surface area contributed by atoms with Crippen molar-refractivity contribution in [3.05, 3.63) is 59.8 Å². The number of benzene rings is 1. The Morgan fingerprint density at radius 2 is 1.92 bits per heavy atom. The van der Waals surface area contributed by atoms with Crippen LogP contribution in [0.3, 0.4) is 0 Å². The van der Waals surface area contributed by atoms with Crippen molar-refractivity contribution in [2.45, 2.75) is 24.8 Å². The smallest absolute Gasteiger partial charge is 0.212 e. The lowest BCUT2D eigenvalue weighted by Gasteiger charge is -2.19. The normalized spacial score (nSPS) is 15.0. The van der Waals surface area contributed by atoms with Gasteiger partial charge < -0.3 is 15.4 Å². The molecule has 6 heteroatoms. The Morgan fingerprint density at radius 1 is 1.16 bits per heavy atom. The van der Waals surface area contributed by atoms with Gasteiger partial charge in [-0.05, 0) is 24.0 Å². The molecular weight excluding hydrogens is 427 g/mol. The molecule has 0 radical (unpaired) electrons. The second-order valence-corrected chi connectivity index (χ2v) is 6.13. The van der Waals surface area contributed by atoms with E-state index in [1.165, 1.54) is 18.4 Å². The van der Waals surface area contributed by atoms with Gasteiger partial charge in [-0.25, -0.2) is 4.98 Å². The van der Waals surface area contributed by atoms with Crippen molar-refractivity contribution < 1.29 is 4.74 Å². The topological polar surface area (TPSA) is 58.5 Å². The highest BCUT2D eigenvalue weighted by Crippen LogP contribution is 2.47. The monoisotopic (exact) mass is 452 g/mol. The molecule has 1 aromatic carbocycles. The molecule has 0 spiro atoms. The first-order valence-electron chi connectivity index (χ1n) is 8.25. The van der Waals surface area contributed by atoms with Crippen molar-refractivity contribution >= 4 is 29.9 Å². The molecule has 0 saturated heterocycles. The quantitative estimate of drug-likeness (QED) is 0.402. The number of halogens is 1. The molecule has 1 saturated carbocycles. The van der Waals surface area contributed by atoms with E-state index in [1.54, 1.807) is 14.2 Å². The molecular formula is C19H25IN4O. The van der Waals surface area contributed by atoms with Gasteiger partial charge in [-0.15, -0.1) is 24.0 Å². The van der Waals surface area contributed by atoms with Gasteiger partial charge in [0, 0.05) is 37.8 Å². The predicted molar refractivity (Wildman–Crippen MR) is 112 cm³/mol. The third-order valence-electron chi connectivity index (χ3n) is 4.52. The van der Waals surface area contributed by atoms with Crippen LogP contribution in [0.5, 0.6) is 5.88 Å². The van der Waals surface area contributed by atoms with Crippen LogP contribution in [-0.2, 0) is 12.0 Å². The van der Waals surface area contributed by atoms with E-state index in [9.17, 15) is 0 Å². The Balaban J connectivity index is 0.00000225. The molecule has 3 rings (SSSR count). The van der Waals surface area contributed by atoms with Gasteiger partial charge in [0.15, 0.2) is 5.96 Å². The lowest BCUT2D eigenvalue weighted by molar-refractivity contribution is 0.397. The first kappa shape index (κ1) is 19.5. The third-order valence-corrected chi connectivity index (χ3v) is 4.52. The summed E-state index contributed by atoms with van der Waals surface area (Å²) in [6.45, 7) is 1.58. The number of ether oxygens (including phenoxy) is 1. The lowest BCUT2D eigenvalue weighted by Crippen LogP contribution is -2.40. The Morgan fingerprint density at radius 3 is 2.48 bits per heavy atom. The first-order chi connectivity index (χ1) is 11.8. The van der Waals surface area contributed by atoms with Gasteiger partial charge in [0.2, 0.25) is 5.88 Å². The van der Waals surface area contributed by atoms with Crippen LogP contribution in [0.25, 0.3) is 0 Å². The summed E-state index contributed by atoms with van der Waals surface area (Å²) < 4.78 is 5.07. The summed E-state index contributed by atoms with van der Waals surface area (Å²) in [4.78, 5) is 8.52. The summed E-state index contributed by atoms with van der Waals surface area (Å²) >= 11 is 0. The number of aromatic nitrogens is 1. The summed E-state index contributed by atoms with van der Waals surface area (Å²) in [7, 11) is 3.41. The zero-order chi connectivity index (χ0) is 16.8. The summed E-state index contributed by atoms with van der Waals surface area (Å²) in [5, 5.41) is 6.79. The minimum Gasteiger partial charge on any atom is -0.481 e. The van der Waals surface area contributed by atoms with Crippen LogP contribution in [0.2, 0.25) is 0 Å². The highest BCUT2D eigenvalue weighted by atomic mass is 127. The third kappa shape index (κ3) is 5.07. The fraction of sp³-hybridized carbons (Fsp3) is 0.368. The molecule has 1 fully saturated rings. The average Bonchev–Trinajstić information content (AvgIpc) is 3.44. The van der Waals surface area contributed by atoms with Crippen molar-refractivity contribution in [2.24, 2.45) is 4.99 Å². The number of nitrogens with one attached hydrogen (secondary N) is 2. The highest BCUT2D eigenvalue weighted by molar-refractivity contribution is 14.0. The summed E-state index contributed by atoms with van der Waals surface area (Å²) in [5.74, 6) is 1.44. The Hall–Kier alpha value is -1.83. The lowest BCUT2D eigenvalue weighted by atomic mass is 9.96. The second kappa shape index (κ2) is 9.03. The molecule has 1 aliphatic carbocycles. The zero-order valence-electron chi connectivity index (χ0n) is 14.7. The summed E-state index contributed by atoms with van der Waals surface area (Å²) in [6.07, 6.45) is 4.26. The van der Waals surface area contributed by atoms with Gasteiger partial charge in [-0.1, -0.05) is 36.4 Å². The first-order valence-corrected chi connectivity index (χ1v) is 8.25. The number of aliphatic imine (C=N–C) groups is 1. The van der Waals surface area contributed by atoms with E-state index >= 15 is 0 Å². The van der Waals surface area contributed by atoms with E-state index in [-0.39, 0.29) is 29.4 Å². The van der Waals surface area contributed by atoms with E-state index in [0.717, 1.165) is 18.1 Å². The van der Waals surface area contributed by atoms with Crippen molar-refractivity contribution in [1.29, 1.82) is 0 Å². The van der Waals surface area contributed by atoms with Crippen molar-refractivity contribution in [3.63, 3.8) is 0 Å². The molecule has 2 N–H and O–H groups in total. The average molecular weight is 452 g/mol. The van der Waals surface area contributed by atoms with Crippen LogP contribution in [0.1, 0.15) is 24.0 Å². The Labute approximate surface area is 166 Å². The van der Waals surface area contributed by atoms with E-state index in [2.05, 4.69) is 50.9 Å². The standard InChI is InChI=1S/C19H24N4O.HI/c1-20-18(22-13-15-8-9-17(24-2)21-12-15)23-14-19(10-11-19)16-6-4-3-5-7-16;/h3-9,12H,10-11,13-14H2,1-2H3,(H2,20,22,23);1H. The van der Waals surface area contributed by atoms with Gasteiger partial charge in [0.1, 0.15) is 0 Å². The molecule has 0 aliphatic heterocycles. The Kier molecular flexibility index (Phi) is 7.04. The van der Waals surface area contributed by atoms with Crippen LogP contribution < -0.4 is 15.4 Å². The highest BCUT2D eigenvalue weighted by Gasteiger charge is 2.43. The molecule has 1 aromatic heterocycles. The molecule has 0 bridgehead atoms. The van der Waals surface area contributed by atoms with Crippen LogP contribution in [0, 0.1) is 0 Å². The maximum atomic E-state index is 5.07. The Bertz CT molecular complexity index is 684. The second-order valence-electron chi connectivity index (χ2n) is 6.13. The maximum absolute atomic E-state index is 5.07. The number of hydrogen-bond donors (Lipinski definition) is 2. The fourth-order valence-corrected chi connectivity index (χ4v) is 2.81. The molecule has 5 nitrogen and oxygen atoms in total. The van der Waals surface area contributed by atoms with E-state index in [0.29, 0.717) is 12.4 Å². The van der Waals surface area contributed by atoms with Crippen molar-refractivity contribution in [3.8, 4) is 5.88 Å². The van der Waals surface area contributed by atoms with Gasteiger partial charge >= 0.3 is 0 Å². The van der Waals surface area contributed by atoms with E-state index < -0.39 is 0 Å². The van der Waals surface area contributed by atoms with E-state index in [4.69, 9.17) is 4.74 Å². The molecule has 25 heavy (non-hydrogen) atoms. The van der Waals surface area contributed by atoms with Crippen molar-refractivity contribution in [2.75, 3.05) is 20.7 Å². The minimum absolute atomic E-state index is 0. The fourth-order valence-electron chi connectivity index (χ4n) is 2.81. The number of methoxy groups -OCH3 is 1. The van der Waals surface area contributed by atoms with Gasteiger partial charge in [-0.3, -0.25) is 4.99 Å². The largest absolute Gasteiger partial charge is 0.481 e. The molecule has 0 amide bonds. The van der Waals surface area contributed by atoms with Crippen LogP contribution in [0.15, 0.2) is 53.7 Å². The molecule has 0 atom stereocenters. The molecule has 1 aliphatic rings.